The molecule has 1 unspecified atom stereocenters. The van der Waals surface area contributed by atoms with E-state index in [2.05, 4.69) is 9.98 Å². The minimum Gasteiger partial charge on any atom is -0.463 e. The highest BCUT2D eigenvalue weighted by molar-refractivity contribution is 7.07. The molecule has 1 aliphatic rings. The van der Waals surface area contributed by atoms with E-state index in [0.717, 1.165) is 16.8 Å². The van der Waals surface area contributed by atoms with E-state index in [4.69, 9.17) is 4.74 Å². The van der Waals surface area contributed by atoms with Crippen LogP contribution >= 0.6 is 11.3 Å². The number of allylic oxidation sites excluding steroid dienone is 1. The van der Waals surface area contributed by atoms with Crippen LogP contribution in [0.5, 0.6) is 0 Å². The third kappa shape index (κ3) is 4.01. The predicted octanol–water partition coefficient (Wildman–Crippen LogP) is 2.26. The van der Waals surface area contributed by atoms with Crippen LogP contribution in [0.25, 0.3) is 6.08 Å². The van der Waals surface area contributed by atoms with Gasteiger partial charge in [0.05, 0.1) is 28.5 Å². The maximum atomic E-state index is 13.5. The standard InChI is InChI=1S/C24H24N4O3S/c1-5-31-23(30)20-15(2)26-24-28(21(20)17-6-8-18(9-7-17)27(3)4)22(29)19(32-24)14-16-10-12-25-13-11-16/h6-14,21H,5H2,1-4H3/b19-14-. The average Bonchev–Trinajstić information content (AvgIpc) is 3.08. The number of ether oxygens (including phenoxy) is 1. The van der Waals surface area contributed by atoms with Gasteiger partial charge < -0.3 is 9.64 Å². The monoisotopic (exact) mass is 448 g/mol. The summed E-state index contributed by atoms with van der Waals surface area (Å²) in [5, 5.41) is 0. The molecule has 164 valence electrons. The number of fused-ring (bicyclic) bond motifs is 1. The molecule has 4 rings (SSSR count). The van der Waals surface area contributed by atoms with Crippen molar-refractivity contribution in [1.29, 1.82) is 0 Å². The van der Waals surface area contributed by atoms with Gasteiger partial charge in [0, 0.05) is 32.2 Å². The first-order chi connectivity index (χ1) is 15.4. The predicted molar refractivity (Wildman–Crippen MR) is 125 cm³/mol. The van der Waals surface area contributed by atoms with Crippen molar-refractivity contribution in [2.75, 3.05) is 25.6 Å². The number of rotatable bonds is 5. The number of thiazole rings is 1. The molecule has 3 heterocycles. The summed E-state index contributed by atoms with van der Waals surface area (Å²) < 4.78 is 7.47. The van der Waals surface area contributed by atoms with Gasteiger partial charge in [-0.25, -0.2) is 9.79 Å². The highest BCUT2D eigenvalue weighted by Crippen LogP contribution is 2.31. The van der Waals surface area contributed by atoms with Crippen molar-refractivity contribution in [2.45, 2.75) is 19.9 Å². The Morgan fingerprint density at radius 3 is 2.50 bits per heavy atom. The summed E-state index contributed by atoms with van der Waals surface area (Å²) >= 11 is 1.31. The SMILES string of the molecule is CCOC(=O)C1=C(C)N=c2s/c(=C\c3ccncc3)c(=O)n2C1c1ccc(N(C)C)cc1. The van der Waals surface area contributed by atoms with Gasteiger partial charge in [-0.15, -0.1) is 0 Å². The van der Waals surface area contributed by atoms with Gasteiger partial charge in [-0.1, -0.05) is 23.5 Å². The summed E-state index contributed by atoms with van der Waals surface area (Å²) in [5.74, 6) is -0.459. The molecule has 0 amide bonds. The zero-order chi connectivity index (χ0) is 22.8. The highest BCUT2D eigenvalue weighted by Gasteiger charge is 2.33. The fourth-order valence-corrected chi connectivity index (χ4v) is 4.72. The smallest absolute Gasteiger partial charge is 0.338 e. The number of nitrogens with zero attached hydrogens (tertiary/aromatic N) is 4. The van der Waals surface area contributed by atoms with Crippen LogP contribution in [0, 0.1) is 0 Å². The van der Waals surface area contributed by atoms with Gasteiger partial charge >= 0.3 is 5.97 Å². The Labute approximate surface area is 189 Å². The van der Waals surface area contributed by atoms with Crippen LogP contribution in [0.3, 0.4) is 0 Å². The van der Waals surface area contributed by atoms with Gasteiger partial charge in [0.25, 0.3) is 5.56 Å². The van der Waals surface area contributed by atoms with Crippen LogP contribution in [0.4, 0.5) is 5.69 Å². The quantitative estimate of drug-likeness (QED) is 0.560. The number of pyridine rings is 1. The molecule has 0 saturated heterocycles. The summed E-state index contributed by atoms with van der Waals surface area (Å²) in [6.45, 7) is 3.79. The van der Waals surface area contributed by atoms with Gasteiger partial charge in [0.1, 0.15) is 0 Å². The fraction of sp³-hybridized carbons (Fsp3) is 0.250. The molecule has 1 aromatic carbocycles. The third-order valence-corrected chi connectivity index (χ3v) is 6.23. The van der Waals surface area contributed by atoms with Crippen molar-refractivity contribution in [2.24, 2.45) is 4.99 Å². The first-order valence-electron chi connectivity index (χ1n) is 10.3. The van der Waals surface area contributed by atoms with Crippen LogP contribution < -0.4 is 19.8 Å². The minimum atomic E-state index is -0.610. The van der Waals surface area contributed by atoms with Crippen molar-refractivity contribution >= 4 is 29.1 Å². The van der Waals surface area contributed by atoms with Crippen LogP contribution in [0.2, 0.25) is 0 Å². The lowest BCUT2D eigenvalue weighted by molar-refractivity contribution is -0.139. The van der Waals surface area contributed by atoms with Crippen LogP contribution in [-0.4, -0.2) is 36.2 Å². The number of hydrogen-bond acceptors (Lipinski definition) is 7. The second-order valence-electron chi connectivity index (χ2n) is 7.57. The Balaban J connectivity index is 1.94. The number of carbonyl (C=O) groups is 1. The largest absolute Gasteiger partial charge is 0.463 e. The average molecular weight is 449 g/mol. The van der Waals surface area contributed by atoms with Crippen LogP contribution in [0.15, 0.2) is 69.8 Å². The number of anilines is 1. The number of aromatic nitrogens is 2. The lowest BCUT2D eigenvalue weighted by atomic mass is 9.95. The summed E-state index contributed by atoms with van der Waals surface area (Å²) in [4.78, 5) is 37.6. The Kier molecular flexibility index (Phi) is 6.05. The molecule has 1 aliphatic heterocycles. The molecule has 0 radical (unpaired) electrons. The minimum absolute atomic E-state index is 0.193. The normalized spacial score (nSPS) is 15.9. The summed E-state index contributed by atoms with van der Waals surface area (Å²) in [6.07, 6.45) is 5.18. The van der Waals surface area contributed by atoms with Crippen molar-refractivity contribution in [3.05, 3.63) is 90.9 Å². The molecule has 7 nitrogen and oxygen atoms in total. The van der Waals surface area contributed by atoms with E-state index in [1.165, 1.54) is 11.3 Å². The molecule has 1 atom stereocenters. The van der Waals surface area contributed by atoms with Crippen molar-refractivity contribution in [3.8, 4) is 0 Å². The highest BCUT2D eigenvalue weighted by atomic mass is 32.1. The molecule has 8 heteroatoms. The van der Waals surface area contributed by atoms with Gasteiger partial charge in [0.2, 0.25) is 0 Å². The van der Waals surface area contributed by atoms with Gasteiger partial charge in [0.15, 0.2) is 4.80 Å². The molecule has 0 spiro atoms. The maximum absolute atomic E-state index is 13.5. The first kappa shape index (κ1) is 21.7. The topological polar surface area (TPSA) is 76.8 Å². The Morgan fingerprint density at radius 1 is 1.19 bits per heavy atom. The van der Waals surface area contributed by atoms with Gasteiger partial charge in [-0.2, -0.15) is 0 Å². The molecule has 0 aliphatic carbocycles. The molecule has 0 fully saturated rings. The van der Waals surface area contributed by atoms with E-state index in [1.807, 2.05) is 61.5 Å². The van der Waals surface area contributed by atoms with Crippen molar-refractivity contribution < 1.29 is 9.53 Å². The fourth-order valence-electron chi connectivity index (χ4n) is 3.67. The Hall–Kier alpha value is -3.52. The van der Waals surface area contributed by atoms with Gasteiger partial charge in [-0.05, 0) is 55.3 Å². The van der Waals surface area contributed by atoms with Crippen LogP contribution in [0.1, 0.15) is 31.0 Å². The Bertz CT molecular complexity index is 1350. The lowest BCUT2D eigenvalue weighted by Gasteiger charge is -2.25. The van der Waals surface area contributed by atoms with E-state index >= 15 is 0 Å². The summed E-state index contributed by atoms with van der Waals surface area (Å²) in [6, 6.07) is 10.9. The van der Waals surface area contributed by atoms with E-state index in [9.17, 15) is 9.59 Å². The molecule has 0 N–H and O–H groups in total. The maximum Gasteiger partial charge on any atom is 0.338 e. The Morgan fingerprint density at radius 2 is 1.88 bits per heavy atom. The summed E-state index contributed by atoms with van der Waals surface area (Å²) in [5.41, 5.74) is 3.47. The summed E-state index contributed by atoms with van der Waals surface area (Å²) in [7, 11) is 3.93. The molecular formula is C24H24N4O3S. The van der Waals surface area contributed by atoms with E-state index < -0.39 is 12.0 Å². The third-order valence-electron chi connectivity index (χ3n) is 5.25. The molecular weight excluding hydrogens is 424 g/mol. The van der Waals surface area contributed by atoms with E-state index in [1.54, 1.807) is 30.8 Å². The lowest BCUT2D eigenvalue weighted by Crippen LogP contribution is -2.39. The number of carbonyl (C=O) groups excluding carboxylic acids is 1. The zero-order valence-corrected chi connectivity index (χ0v) is 19.2. The zero-order valence-electron chi connectivity index (χ0n) is 18.4. The number of benzene rings is 1. The van der Waals surface area contributed by atoms with Crippen LogP contribution in [-0.2, 0) is 9.53 Å². The van der Waals surface area contributed by atoms with E-state index in [0.29, 0.717) is 20.6 Å². The number of esters is 1. The van der Waals surface area contributed by atoms with Crippen molar-refractivity contribution in [3.63, 3.8) is 0 Å². The second kappa shape index (κ2) is 8.92. The van der Waals surface area contributed by atoms with E-state index in [-0.39, 0.29) is 12.2 Å². The first-order valence-corrected chi connectivity index (χ1v) is 11.1. The van der Waals surface area contributed by atoms with Gasteiger partial charge in [-0.3, -0.25) is 14.3 Å². The second-order valence-corrected chi connectivity index (χ2v) is 8.58. The molecule has 0 saturated carbocycles. The molecule has 32 heavy (non-hydrogen) atoms. The molecule has 2 aromatic heterocycles. The molecule has 3 aromatic rings. The van der Waals surface area contributed by atoms with Crippen molar-refractivity contribution in [1.82, 2.24) is 9.55 Å². The molecule has 0 bridgehead atoms. The number of hydrogen-bond donors (Lipinski definition) is 0.